The molecule has 1 aliphatic rings. The highest BCUT2D eigenvalue weighted by atomic mass is 127. The first kappa shape index (κ1) is 26.9. The number of aromatic nitrogens is 1. The number of halogens is 1. The van der Waals surface area contributed by atoms with Gasteiger partial charge in [0.05, 0.1) is 36.1 Å². The highest BCUT2D eigenvalue weighted by Gasteiger charge is 2.32. The maximum Gasteiger partial charge on any atom is 0.338 e. The van der Waals surface area contributed by atoms with Gasteiger partial charge in [-0.3, -0.25) is 9.36 Å². The van der Waals surface area contributed by atoms with Gasteiger partial charge in [-0.15, -0.1) is 0 Å². The minimum Gasteiger partial charge on any atom is -0.496 e. The summed E-state index contributed by atoms with van der Waals surface area (Å²) in [5.41, 5.74) is 3.13. The van der Waals surface area contributed by atoms with E-state index in [1.165, 1.54) is 18.4 Å². The van der Waals surface area contributed by atoms with Crippen LogP contribution in [0.25, 0.3) is 6.08 Å². The molecule has 0 N–H and O–H groups in total. The summed E-state index contributed by atoms with van der Waals surface area (Å²) in [6, 6.07) is 22.3. The molecular weight excluding hydrogens is 627 g/mol. The highest BCUT2D eigenvalue weighted by molar-refractivity contribution is 14.1. The van der Waals surface area contributed by atoms with Gasteiger partial charge in [-0.05, 0) is 83.1 Å². The number of carbonyl (C=O) groups excluding carboxylic acids is 1. The zero-order valence-electron chi connectivity index (χ0n) is 21.5. The lowest BCUT2D eigenvalue weighted by atomic mass is 9.96. The number of fused-ring (bicyclic) bond motifs is 1. The van der Waals surface area contributed by atoms with Crippen molar-refractivity contribution in [1.82, 2.24) is 4.57 Å². The van der Waals surface area contributed by atoms with E-state index in [1.54, 1.807) is 18.6 Å². The van der Waals surface area contributed by atoms with Crippen molar-refractivity contribution in [3.05, 3.63) is 124 Å². The molecule has 2 heterocycles. The van der Waals surface area contributed by atoms with E-state index < -0.39 is 12.0 Å². The van der Waals surface area contributed by atoms with Crippen LogP contribution in [-0.4, -0.2) is 24.8 Å². The summed E-state index contributed by atoms with van der Waals surface area (Å²) < 4.78 is 19.8. The van der Waals surface area contributed by atoms with E-state index in [1.807, 2.05) is 78.9 Å². The van der Waals surface area contributed by atoms with Gasteiger partial charge in [-0.1, -0.05) is 47.7 Å². The fourth-order valence-corrected chi connectivity index (χ4v) is 5.89. The molecule has 1 aromatic heterocycles. The Morgan fingerprint density at radius 2 is 1.82 bits per heavy atom. The van der Waals surface area contributed by atoms with Crippen LogP contribution in [0.15, 0.2) is 93.9 Å². The van der Waals surface area contributed by atoms with E-state index in [0.717, 1.165) is 26.0 Å². The smallest absolute Gasteiger partial charge is 0.338 e. The van der Waals surface area contributed by atoms with Crippen LogP contribution in [0.2, 0.25) is 0 Å². The Morgan fingerprint density at radius 1 is 1.08 bits per heavy atom. The van der Waals surface area contributed by atoms with E-state index in [4.69, 9.17) is 14.2 Å². The normalized spacial score (nSPS) is 15.0. The molecular formula is C30H25IN2O5S. The van der Waals surface area contributed by atoms with Crippen LogP contribution in [0.5, 0.6) is 11.5 Å². The molecule has 0 spiro atoms. The summed E-state index contributed by atoms with van der Waals surface area (Å²) in [7, 11) is 2.95. The van der Waals surface area contributed by atoms with Gasteiger partial charge in [0.2, 0.25) is 0 Å². The number of hydrogen-bond acceptors (Lipinski definition) is 7. The molecule has 1 unspecified atom stereocenters. The molecule has 1 atom stereocenters. The first-order valence-corrected chi connectivity index (χ1v) is 14.0. The second-order valence-corrected chi connectivity index (χ2v) is 11.1. The van der Waals surface area contributed by atoms with Gasteiger partial charge in [0.1, 0.15) is 18.1 Å². The molecule has 0 bridgehead atoms. The van der Waals surface area contributed by atoms with Crippen molar-refractivity contribution in [2.45, 2.75) is 19.6 Å². The van der Waals surface area contributed by atoms with Crippen LogP contribution < -0.4 is 24.4 Å². The summed E-state index contributed by atoms with van der Waals surface area (Å²) in [5, 5.41) is 0. The highest BCUT2D eigenvalue weighted by Crippen LogP contribution is 2.30. The first-order chi connectivity index (χ1) is 18.9. The Labute approximate surface area is 242 Å². The van der Waals surface area contributed by atoms with Gasteiger partial charge in [0.25, 0.3) is 5.56 Å². The van der Waals surface area contributed by atoms with Crippen molar-refractivity contribution in [3.8, 4) is 11.5 Å². The van der Waals surface area contributed by atoms with E-state index >= 15 is 0 Å². The van der Waals surface area contributed by atoms with Crippen molar-refractivity contribution in [2.24, 2.45) is 4.99 Å². The van der Waals surface area contributed by atoms with E-state index in [-0.39, 0.29) is 5.56 Å². The SMILES string of the molecule is COC(=O)C1=C(C)N=c2sc(=Cc3ccc(OC)c(COc4ccc(I)cc4)c3)c(=O)n2C1c1ccccc1. The summed E-state index contributed by atoms with van der Waals surface area (Å²) in [6.45, 7) is 2.07. The van der Waals surface area contributed by atoms with E-state index in [9.17, 15) is 9.59 Å². The van der Waals surface area contributed by atoms with Gasteiger partial charge in [-0.2, -0.15) is 0 Å². The number of rotatable bonds is 7. The number of ether oxygens (including phenoxy) is 3. The van der Waals surface area contributed by atoms with Gasteiger partial charge < -0.3 is 14.2 Å². The van der Waals surface area contributed by atoms with Gasteiger partial charge in [0, 0.05) is 9.13 Å². The molecule has 39 heavy (non-hydrogen) atoms. The predicted molar refractivity (Wildman–Crippen MR) is 159 cm³/mol. The first-order valence-electron chi connectivity index (χ1n) is 12.1. The number of nitrogens with zero attached hydrogens (tertiary/aromatic N) is 2. The molecule has 0 saturated carbocycles. The Balaban J connectivity index is 1.56. The lowest BCUT2D eigenvalue weighted by Crippen LogP contribution is -2.39. The number of benzene rings is 3. The zero-order valence-corrected chi connectivity index (χ0v) is 24.5. The van der Waals surface area contributed by atoms with Gasteiger partial charge >= 0.3 is 5.97 Å². The van der Waals surface area contributed by atoms with Crippen molar-refractivity contribution < 1.29 is 19.0 Å². The summed E-state index contributed by atoms with van der Waals surface area (Å²) in [6.07, 6.45) is 1.83. The van der Waals surface area contributed by atoms with Gasteiger partial charge in [-0.25, -0.2) is 9.79 Å². The van der Waals surface area contributed by atoms with Crippen molar-refractivity contribution >= 4 is 46.0 Å². The maximum absolute atomic E-state index is 13.8. The minimum absolute atomic E-state index is 0.228. The number of esters is 1. The van der Waals surface area contributed by atoms with Crippen molar-refractivity contribution in [3.63, 3.8) is 0 Å². The molecule has 4 aromatic rings. The number of allylic oxidation sites excluding steroid dienone is 1. The third-order valence-corrected chi connectivity index (χ3v) is 8.05. The molecule has 0 amide bonds. The molecule has 0 fully saturated rings. The third kappa shape index (κ3) is 5.55. The lowest BCUT2D eigenvalue weighted by molar-refractivity contribution is -0.136. The number of hydrogen-bond donors (Lipinski definition) is 0. The minimum atomic E-state index is -0.634. The largest absolute Gasteiger partial charge is 0.496 e. The van der Waals surface area contributed by atoms with Crippen LogP contribution in [0.3, 0.4) is 0 Å². The van der Waals surface area contributed by atoms with Crippen LogP contribution in [0.4, 0.5) is 0 Å². The van der Waals surface area contributed by atoms with Crippen LogP contribution in [0, 0.1) is 3.57 Å². The zero-order chi connectivity index (χ0) is 27.5. The monoisotopic (exact) mass is 652 g/mol. The summed E-state index contributed by atoms with van der Waals surface area (Å²) in [4.78, 5) is 31.7. The Kier molecular flexibility index (Phi) is 7.99. The lowest BCUT2D eigenvalue weighted by Gasteiger charge is -2.24. The second kappa shape index (κ2) is 11.6. The summed E-state index contributed by atoms with van der Waals surface area (Å²) in [5.74, 6) is 0.947. The molecule has 9 heteroatoms. The summed E-state index contributed by atoms with van der Waals surface area (Å²) >= 11 is 3.54. The number of methoxy groups -OCH3 is 2. The Bertz CT molecular complexity index is 1740. The molecule has 1 aliphatic heterocycles. The topological polar surface area (TPSA) is 79.1 Å². The number of thiazole rings is 1. The maximum atomic E-state index is 13.8. The molecule has 0 saturated heterocycles. The Hall–Kier alpha value is -3.70. The van der Waals surface area contributed by atoms with Crippen molar-refractivity contribution in [1.29, 1.82) is 0 Å². The second-order valence-electron chi connectivity index (χ2n) is 8.80. The predicted octanol–water partition coefficient (Wildman–Crippen LogP) is 4.60. The molecule has 5 rings (SSSR count). The molecule has 3 aromatic carbocycles. The fraction of sp³-hybridized carbons (Fsp3) is 0.167. The molecule has 0 radical (unpaired) electrons. The van der Waals surface area contributed by atoms with Crippen molar-refractivity contribution in [2.75, 3.05) is 14.2 Å². The Morgan fingerprint density at radius 3 is 2.51 bits per heavy atom. The molecule has 0 aliphatic carbocycles. The van der Waals surface area contributed by atoms with Gasteiger partial charge in [0.15, 0.2) is 4.80 Å². The molecule has 198 valence electrons. The van der Waals surface area contributed by atoms with E-state index in [2.05, 4.69) is 27.6 Å². The fourth-order valence-electron chi connectivity index (χ4n) is 4.49. The average molecular weight is 653 g/mol. The molecule has 7 nitrogen and oxygen atoms in total. The van der Waals surface area contributed by atoms with Crippen LogP contribution in [-0.2, 0) is 16.1 Å². The number of carbonyl (C=O) groups is 1. The van der Waals surface area contributed by atoms with Crippen LogP contribution >= 0.6 is 33.9 Å². The van der Waals surface area contributed by atoms with Crippen LogP contribution in [0.1, 0.15) is 29.7 Å². The standard InChI is InChI=1S/C30H25IN2O5S/c1-18-26(29(35)37-3)27(20-7-5-4-6-8-20)33-28(34)25(39-30(33)32-18)16-19-9-14-24(36-2)21(15-19)17-38-23-12-10-22(31)11-13-23/h4-16,27H,17H2,1-3H3. The quantitative estimate of drug-likeness (QED) is 0.216. The van der Waals surface area contributed by atoms with E-state index in [0.29, 0.717) is 33.0 Å². The third-order valence-electron chi connectivity index (χ3n) is 6.35. The average Bonchev–Trinajstić information content (AvgIpc) is 3.26.